The van der Waals surface area contributed by atoms with Crippen LogP contribution < -0.4 is 0 Å². The summed E-state index contributed by atoms with van der Waals surface area (Å²) in [5, 5.41) is 0. The van der Waals surface area contributed by atoms with Gasteiger partial charge in [0.2, 0.25) is 0 Å². The van der Waals surface area contributed by atoms with Gasteiger partial charge in [0.15, 0.2) is 0 Å². The highest BCUT2D eigenvalue weighted by atomic mass is 14.3. The van der Waals surface area contributed by atoms with Crippen LogP contribution in [-0.4, -0.2) is 0 Å². The molecule has 0 atom stereocenters. The molecule has 0 aromatic heterocycles. The van der Waals surface area contributed by atoms with E-state index in [1.165, 1.54) is 51.4 Å². The van der Waals surface area contributed by atoms with Gasteiger partial charge in [0.1, 0.15) is 0 Å². The van der Waals surface area contributed by atoms with Gasteiger partial charge >= 0.3 is 0 Å². The number of hydrogen-bond donors (Lipinski definition) is 0. The highest BCUT2D eigenvalue weighted by Crippen LogP contribution is 2.37. The van der Waals surface area contributed by atoms with E-state index >= 15 is 0 Å². The topological polar surface area (TPSA) is 0 Å². The summed E-state index contributed by atoms with van der Waals surface area (Å²) >= 11 is 0. The van der Waals surface area contributed by atoms with Gasteiger partial charge in [-0.2, -0.15) is 0 Å². The molecular formula is C24H48. The zero-order valence-corrected chi connectivity index (χ0v) is 18.3. The molecule has 0 bridgehead atoms. The molecular weight excluding hydrogens is 288 g/mol. The van der Waals surface area contributed by atoms with Crippen LogP contribution in [0.15, 0.2) is 0 Å². The van der Waals surface area contributed by atoms with Crippen LogP contribution in [0.2, 0.25) is 0 Å². The Labute approximate surface area is 154 Å². The van der Waals surface area contributed by atoms with E-state index in [-0.39, 0.29) is 0 Å². The molecule has 0 nitrogen and oxygen atoms in total. The van der Waals surface area contributed by atoms with Crippen molar-refractivity contribution in [2.45, 2.75) is 107 Å². The maximum Gasteiger partial charge on any atom is -0.0391 e. The number of hydrogen-bond acceptors (Lipinski definition) is 0. The van der Waals surface area contributed by atoms with Gasteiger partial charge in [0.25, 0.3) is 0 Å². The highest BCUT2D eigenvalue weighted by Gasteiger charge is 2.25. The molecule has 144 valence electrons. The lowest BCUT2D eigenvalue weighted by atomic mass is 9.73. The molecule has 2 fully saturated rings. The lowest BCUT2D eigenvalue weighted by molar-refractivity contribution is 0.189. The van der Waals surface area contributed by atoms with Gasteiger partial charge in [0, 0.05) is 0 Å². The standard InChI is InChI=1S/2C12H24/c2*1-9(2)11-5-7-12(8-6-11)10(3)4/h2*9-12H,5-8H2,1-4H3. The molecule has 0 radical (unpaired) electrons. The summed E-state index contributed by atoms with van der Waals surface area (Å²) in [4.78, 5) is 0. The summed E-state index contributed by atoms with van der Waals surface area (Å²) in [6.45, 7) is 19.0. The van der Waals surface area contributed by atoms with Gasteiger partial charge in [-0.1, -0.05) is 55.4 Å². The molecule has 2 aliphatic carbocycles. The Bertz CT molecular complexity index is 232. The second-order valence-electron chi connectivity index (χ2n) is 10.3. The van der Waals surface area contributed by atoms with Crippen LogP contribution in [0.4, 0.5) is 0 Å². The quantitative estimate of drug-likeness (QED) is 0.485. The first-order chi connectivity index (χ1) is 11.2. The zero-order valence-electron chi connectivity index (χ0n) is 18.3. The van der Waals surface area contributed by atoms with E-state index in [1.54, 1.807) is 0 Å². The minimum atomic E-state index is 0.915. The third-order valence-corrected chi connectivity index (χ3v) is 7.40. The van der Waals surface area contributed by atoms with Crippen LogP contribution >= 0.6 is 0 Å². The van der Waals surface area contributed by atoms with E-state index in [0.29, 0.717) is 0 Å². The Balaban J connectivity index is 0.000000240. The summed E-state index contributed by atoms with van der Waals surface area (Å²) in [7, 11) is 0. The van der Waals surface area contributed by atoms with Crippen molar-refractivity contribution in [2.24, 2.45) is 47.3 Å². The van der Waals surface area contributed by atoms with E-state index < -0.39 is 0 Å². The fourth-order valence-corrected chi connectivity index (χ4v) is 4.96. The second kappa shape index (κ2) is 10.9. The van der Waals surface area contributed by atoms with Crippen molar-refractivity contribution in [1.29, 1.82) is 0 Å². The molecule has 0 N–H and O–H groups in total. The van der Waals surface area contributed by atoms with Crippen molar-refractivity contribution >= 4 is 0 Å². The summed E-state index contributed by atoms with van der Waals surface area (Å²) in [6.07, 6.45) is 11.9. The summed E-state index contributed by atoms with van der Waals surface area (Å²) in [6, 6.07) is 0. The summed E-state index contributed by atoms with van der Waals surface area (Å²) in [5.74, 6) is 7.77. The van der Waals surface area contributed by atoms with Crippen LogP contribution in [0.25, 0.3) is 0 Å². The third kappa shape index (κ3) is 7.49. The van der Waals surface area contributed by atoms with E-state index in [9.17, 15) is 0 Å². The molecule has 0 heterocycles. The normalized spacial score (nSPS) is 31.5. The summed E-state index contributed by atoms with van der Waals surface area (Å²) < 4.78 is 0. The molecule has 0 heteroatoms. The van der Waals surface area contributed by atoms with E-state index in [2.05, 4.69) is 55.4 Å². The van der Waals surface area contributed by atoms with Gasteiger partial charge in [-0.25, -0.2) is 0 Å². The van der Waals surface area contributed by atoms with Crippen LogP contribution in [-0.2, 0) is 0 Å². The molecule has 2 rings (SSSR count). The van der Waals surface area contributed by atoms with Crippen molar-refractivity contribution in [2.75, 3.05) is 0 Å². The Hall–Kier alpha value is 0. The predicted molar refractivity (Wildman–Crippen MR) is 110 cm³/mol. The predicted octanol–water partition coefficient (Wildman–Crippen LogP) is 8.21. The number of rotatable bonds is 4. The van der Waals surface area contributed by atoms with Crippen LogP contribution in [0.1, 0.15) is 107 Å². The lowest BCUT2D eigenvalue weighted by Gasteiger charge is -2.32. The fraction of sp³-hybridized carbons (Fsp3) is 1.00. The minimum Gasteiger partial charge on any atom is -0.0625 e. The van der Waals surface area contributed by atoms with Crippen molar-refractivity contribution < 1.29 is 0 Å². The van der Waals surface area contributed by atoms with Crippen LogP contribution in [0, 0.1) is 47.3 Å². The zero-order chi connectivity index (χ0) is 18.3. The minimum absolute atomic E-state index is 0.915. The molecule has 0 spiro atoms. The Kier molecular flexibility index (Phi) is 9.98. The average molecular weight is 337 g/mol. The monoisotopic (exact) mass is 336 g/mol. The van der Waals surface area contributed by atoms with Crippen molar-refractivity contribution in [3.63, 3.8) is 0 Å². The van der Waals surface area contributed by atoms with Gasteiger partial charge < -0.3 is 0 Å². The van der Waals surface area contributed by atoms with Crippen molar-refractivity contribution in [3.8, 4) is 0 Å². The van der Waals surface area contributed by atoms with E-state index in [1.807, 2.05) is 0 Å². The first-order valence-electron chi connectivity index (χ1n) is 11.2. The smallest absolute Gasteiger partial charge is 0.0391 e. The molecule has 0 amide bonds. The van der Waals surface area contributed by atoms with Crippen molar-refractivity contribution in [1.82, 2.24) is 0 Å². The molecule has 0 saturated heterocycles. The Morgan fingerprint density at radius 3 is 0.542 bits per heavy atom. The molecule has 24 heavy (non-hydrogen) atoms. The van der Waals surface area contributed by atoms with E-state index in [4.69, 9.17) is 0 Å². The first kappa shape index (κ1) is 22.0. The fourth-order valence-electron chi connectivity index (χ4n) is 4.96. The second-order valence-corrected chi connectivity index (χ2v) is 10.3. The largest absolute Gasteiger partial charge is 0.0625 e. The molecule has 0 aromatic rings. The Morgan fingerprint density at radius 1 is 0.333 bits per heavy atom. The van der Waals surface area contributed by atoms with Gasteiger partial charge in [-0.05, 0) is 98.7 Å². The van der Waals surface area contributed by atoms with E-state index in [0.717, 1.165) is 47.3 Å². The maximum atomic E-state index is 2.38. The molecule has 0 aliphatic heterocycles. The molecule has 2 aliphatic rings. The highest BCUT2D eigenvalue weighted by molar-refractivity contribution is 4.76. The van der Waals surface area contributed by atoms with Gasteiger partial charge in [0.05, 0.1) is 0 Å². The van der Waals surface area contributed by atoms with Crippen LogP contribution in [0.3, 0.4) is 0 Å². The van der Waals surface area contributed by atoms with Crippen molar-refractivity contribution in [3.05, 3.63) is 0 Å². The SMILES string of the molecule is CC(C)C1CCC(C(C)C)CC1.CC(C)C1CCC(C(C)C)CC1. The lowest BCUT2D eigenvalue weighted by Crippen LogP contribution is -2.21. The van der Waals surface area contributed by atoms with Gasteiger partial charge in [-0.15, -0.1) is 0 Å². The third-order valence-electron chi connectivity index (χ3n) is 7.40. The first-order valence-corrected chi connectivity index (χ1v) is 11.2. The van der Waals surface area contributed by atoms with Crippen LogP contribution in [0.5, 0.6) is 0 Å². The molecule has 0 aromatic carbocycles. The summed E-state index contributed by atoms with van der Waals surface area (Å²) in [5.41, 5.74) is 0. The molecule has 0 unspecified atom stereocenters. The maximum absolute atomic E-state index is 2.38. The molecule has 2 saturated carbocycles. The van der Waals surface area contributed by atoms with Gasteiger partial charge in [-0.3, -0.25) is 0 Å². The average Bonchev–Trinajstić information content (AvgIpc) is 2.55. The Morgan fingerprint density at radius 2 is 0.458 bits per heavy atom.